The van der Waals surface area contributed by atoms with Crippen LogP contribution in [-0.2, 0) is 52.1 Å². The first-order chi connectivity index (χ1) is 23.0. The van der Waals surface area contributed by atoms with Crippen LogP contribution in [0.4, 0.5) is 4.79 Å². The third-order valence-electron chi connectivity index (χ3n) is 6.34. The van der Waals surface area contributed by atoms with E-state index in [-0.39, 0.29) is 26.2 Å². The van der Waals surface area contributed by atoms with Crippen LogP contribution >= 0.6 is 0 Å². The molecule has 1 aromatic heterocycles. The van der Waals surface area contributed by atoms with Crippen molar-refractivity contribution < 1.29 is 56.9 Å². The predicted molar refractivity (Wildman–Crippen MR) is 162 cm³/mol. The van der Waals surface area contributed by atoms with Gasteiger partial charge in [-0.25, -0.2) is 9.59 Å². The van der Waals surface area contributed by atoms with E-state index in [4.69, 9.17) is 57.6 Å². The summed E-state index contributed by atoms with van der Waals surface area (Å²) in [4.78, 5) is 40.7. The Kier molecular flexibility index (Phi) is 22.1. The van der Waals surface area contributed by atoms with Crippen LogP contribution in [-0.4, -0.2) is 147 Å². The number of methoxy groups -OCH3 is 1. The van der Waals surface area contributed by atoms with Gasteiger partial charge in [0.15, 0.2) is 0 Å². The minimum atomic E-state index is -0.955. The molecule has 1 fully saturated rings. The number of carbonyl (C=O) groups excluding carboxylic acids is 1. The third-order valence-corrected chi connectivity index (χ3v) is 6.34. The second-order valence-electron chi connectivity index (χ2n) is 9.80. The largest absolute Gasteiger partial charge is 0.508 e. The fourth-order valence-corrected chi connectivity index (χ4v) is 3.96. The monoisotopic (exact) mass is 677 g/mol. The molecule has 3 atom stereocenters. The molecule has 1 aromatic rings. The Morgan fingerprint density at radius 1 is 0.830 bits per heavy atom. The molecule has 1 aliphatic heterocycles. The molecule has 0 bridgehead atoms. The lowest BCUT2D eigenvalue weighted by atomic mass is 10.1. The highest BCUT2D eigenvalue weighted by molar-refractivity contribution is 5.59. The van der Waals surface area contributed by atoms with E-state index in [2.05, 4.69) is 15.0 Å². The van der Waals surface area contributed by atoms with E-state index in [1.807, 2.05) is 0 Å². The van der Waals surface area contributed by atoms with Crippen LogP contribution in [0.1, 0.15) is 18.2 Å². The zero-order valence-electron chi connectivity index (χ0n) is 27.0. The molecule has 47 heavy (non-hydrogen) atoms. The number of aromatic nitrogens is 2. The smallest absolute Gasteiger partial charge is 0.432 e. The first-order valence-corrected chi connectivity index (χ1v) is 15.3. The average molecular weight is 678 g/mol. The Balaban J connectivity index is 1.37. The molecule has 0 aliphatic carbocycles. The number of H-pyrrole nitrogens is 1. The van der Waals surface area contributed by atoms with Crippen molar-refractivity contribution in [2.75, 3.05) is 119 Å². The van der Waals surface area contributed by atoms with Gasteiger partial charge in [-0.2, -0.15) is 0 Å². The fraction of sp³-hybridized carbons (Fsp3) is 0.821. The zero-order chi connectivity index (χ0) is 34.0. The molecule has 19 nitrogen and oxygen atoms in total. The van der Waals surface area contributed by atoms with Crippen molar-refractivity contribution in [2.24, 2.45) is 5.11 Å². The molecule has 2 heterocycles. The SMILES string of the molecule is COCCOCCOCCOCCOCCOCCOCCOCCOC(=O)OC[C@H]1O[C@@H](n2cc(C)c(=O)[nH]c2=O)C[C@@H]1N=[N+]=[N-]. The molecule has 0 radical (unpaired) electrons. The van der Waals surface area contributed by atoms with Crippen molar-refractivity contribution in [3.05, 3.63) is 43.0 Å². The van der Waals surface area contributed by atoms with Crippen LogP contribution in [0, 0.1) is 6.92 Å². The number of nitrogens with one attached hydrogen (secondary N) is 1. The first-order valence-electron chi connectivity index (χ1n) is 15.3. The van der Waals surface area contributed by atoms with Crippen molar-refractivity contribution in [1.29, 1.82) is 0 Å². The van der Waals surface area contributed by atoms with E-state index in [9.17, 15) is 14.4 Å². The summed E-state index contributed by atoms with van der Waals surface area (Å²) in [5, 5.41) is 3.67. The standard InChI is InChI=1S/C28H47N5O14/c1-22-20-33(27(35)30-26(22)34)25-19-23(31-32-29)24(47-25)21-46-28(36)45-18-17-44-16-15-43-14-13-42-12-11-41-10-9-40-8-7-39-6-5-38-4-3-37-2/h20,23-25H,3-19,21H2,1-2H3,(H,30,34,35)/t23-,24+,25+/m0/s1. The summed E-state index contributed by atoms with van der Waals surface area (Å²) < 4.78 is 59.6. The molecule has 268 valence electrons. The Labute approximate surface area is 272 Å². The Hall–Kier alpha value is -3.10. The summed E-state index contributed by atoms with van der Waals surface area (Å²) in [5.41, 5.74) is 8.01. The van der Waals surface area contributed by atoms with Gasteiger partial charge in [-0.05, 0) is 12.5 Å². The van der Waals surface area contributed by atoms with Gasteiger partial charge in [0.1, 0.15) is 25.5 Å². The number of hydrogen-bond donors (Lipinski definition) is 1. The van der Waals surface area contributed by atoms with Gasteiger partial charge in [0, 0.05) is 30.2 Å². The van der Waals surface area contributed by atoms with Gasteiger partial charge >= 0.3 is 11.8 Å². The Bertz CT molecular complexity index is 1150. The third kappa shape index (κ3) is 18.1. The van der Waals surface area contributed by atoms with Gasteiger partial charge in [0.2, 0.25) is 0 Å². The minimum absolute atomic E-state index is 0.0497. The second-order valence-corrected chi connectivity index (χ2v) is 9.80. The molecule has 1 aliphatic rings. The molecule has 0 saturated carbocycles. The minimum Gasteiger partial charge on any atom is -0.432 e. The molecule has 0 unspecified atom stereocenters. The van der Waals surface area contributed by atoms with Crippen LogP contribution in [0.5, 0.6) is 0 Å². The number of rotatable bonds is 28. The summed E-state index contributed by atoms with van der Waals surface area (Å²) in [7, 11) is 1.63. The highest BCUT2D eigenvalue weighted by atomic mass is 16.7. The summed E-state index contributed by atoms with van der Waals surface area (Å²) >= 11 is 0. The van der Waals surface area contributed by atoms with Crippen LogP contribution in [0.3, 0.4) is 0 Å². The lowest BCUT2D eigenvalue weighted by Crippen LogP contribution is -2.33. The number of nitrogens with zero attached hydrogens (tertiary/aromatic N) is 4. The van der Waals surface area contributed by atoms with Crippen molar-refractivity contribution in [3.63, 3.8) is 0 Å². The van der Waals surface area contributed by atoms with E-state index in [0.29, 0.717) is 98.1 Å². The summed E-state index contributed by atoms with van der Waals surface area (Å²) in [6.45, 7) is 7.79. The molecule has 19 heteroatoms. The van der Waals surface area contributed by atoms with Crippen LogP contribution < -0.4 is 11.2 Å². The number of carbonyl (C=O) groups is 1. The van der Waals surface area contributed by atoms with Gasteiger partial charge in [0.25, 0.3) is 5.56 Å². The molecule has 0 amide bonds. The van der Waals surface area contributed by atoms with Gasteiger partial charge in [-0.3, -0.25) is 14.3 Å². The van der Waals surface area contributed by atoms with Gasteiger partial charge in [-0.1, -0.05) is 5.11 Å². The van der Waals surface area contributed by atoms with Crippen LogP contribution in [0.15, 0.2) is 20.9 Å². The highest BCUT2D eigenvalue weighted by Gasteiger charge is 2.37. The summed E-state index contributed by atoms with van der Waals surface area (Å²) in [6, 6.07) is -0.705. The van der Waals surface area contributed by atoms with E-state index in [1.54, 1.807) is 14.0 Å². The van der Waals surface area contributed by atoms with Crippen LogP contribution in [0.25, 0.3) is 10.4 Å². The number of hydrogen-bond acceptors (Lipinski definition) is 15. The first kappa shape index (κ1) is 40.1. The normalized spacial score (nSPS) is 17.4. The number of aromatic amines is 1. The summed E-state index contributed by atoms with van der Waals surface area (Å²) in [5.74, 6) is 0. The van der Waals surface area contributed by atoms with E-state index in [1.165, 1.54) is 10.8 Å². The van der Waals surface area contributed by atoms with Gasteiger partial charge in [0.05, 0.1) is 105 Å². The topological polar surface area (TPSA) is 222 Å². The molecule has 2 rings (SSSR count). The van der Waals surface area contributed by atoms with Crippen molar-refractivity contribution >= 4 is 6.16 Å². The second kappa shape index (κ2) is 25.9. The van der Waals surface area contributed by atoms with Crippen molar-refractivity contribution in [2.45, 2.75) is 31.7 Å². The molecule has 0 aromatic carbocycles. The predicted octanol–water partition coefficient (Wildman–Crippen LogP) is 0.727. The van der Waals surface area contributed by atoms with Gasteiger partial charge in [-0.15, -0.1) is 0 Å². The maximum Gasteiger partial charge on any atom is 0.508 e. The number of aryl methyl sites for hydroxylation is 1. The fourth-order valence-electron chi connectivity index (χ4n) is 3.96. The molecule has 0 spiro atoms. The average Bonchev–Trinajstić information content (AvgIpc) is 3.46. The Morgan fingerprint density at radius 2 is 1.30 bits per heavy atom. The lowest BCUT2D eigenvalue weighted by molar-refractivity contribution is -0.0463. The lowest BCUT2D eigenvalue weighted by Gasteiger charge is -2.16. The molecule has 1 N–H and O–H groups in total. The van der Waals surface area contributed by atoms with E-state index < -0.39 is 35.8 Å². The van der Waals surface area contributed by atoms with Crippen LogP contribution in [0.2, 0.25) is 0 Å². The highest BCUT2D eigenvalue weighted by Crippen LogP contribution is 2.30. The van der Waals surface area contributed by atoms with Gasteiger partial charge < -0.3 is 52.1 Å². The van der Waals surface area contributed by atoms with E-state index >= 15 is 0 Å². The molecular formula is C28H47N5O14. The molecular weight excluding hydrogens is 630 g/mol. The maximum atomic E-state index is 12.2. The summed E-state index contributed by atoms with van der Waals surface area (Å²) in [6.07, 6.45) is -1.08. The quantitative estimate of drug-likeness (QED) is 0.0425. The van der Waals surface area contributed by atoms with Crippen molar-refractivity contribution in [3.8, 4) is 0 Å². The Morgan fingerprint density at radius 3 is 1.77 bits per heavy atom. The number of ether oxygens (including phenoxy) is 11. The van der Waals surface area contributed by atoms with E-state index in [0.717, 1.165) is 0 Å². The molecule has 1 saturated heterocycles. The number of azide groups is 1. The van der Waals surface area contributed by atoms with Crippen molar-refractivity contribution in [1.82, 2.24) is 9.55 Å². The zero-order valence-corrected chi connectivity index (χ0v) is 27.0. The maximum absolute atomic E-state index is 12.2.